The zero-order valence-corrected chi connectivity index (χ0v) is 10.8. The summed E-state index contributed by atoms with van der Waals surface area (Å²) >= 11 is 3.39. The van der Waals surface area contributed by atoms with Crippen molar-refractivity contribution >= 4 is 27.6 Å². The van der Waals surface area contributed by atoms with Crippen LogP contribution >= 0.6 is 15.9 Å². The van der Waals surface area contributed by atoms with E-state index in [-0.39, 0.29) is 5.97 Å². The lowest BCUT2D eigenvalue weighted by Gasteiger charge is -2.12. The number of benzene rings is 1. The van der Waals surface area contributed by atoms with E-state index in [1.807, 2.05) is 6.07 Å². The van der Waals surface area contributed by atoms with Crippen molar-refractivity contribution in [1.29, 1.82) is 0 Å². The van der Waals surface area contributed by atoms with Crippen molar-refractivity contribution in [3.05, 3.63) is 27.2 Å². The number of hydrogen-bond donors (Lipinski definition) is 1. The van der Waals surface area contributed by atoms with Gasteiger partial charge in [0.1, 0.15) is 0 Å². The van der Waals surface area contributed by atoms with E-state index in [2.05, 4.69) is 15.9 Å². The van der Waals surface area contributed by atoms with Gasteiger partial charge < -0.3 is 10.5 Å². The lowest BCUT2D eigenvalue weighted by Crippen LogP contribution is -2.12. The quantitative estimate of drug-likeness (QED) is 0.671. The molecule has 0 aliphatic heterocycles. The van der Waals surface area contributed by atoms with Crippen LogP contribution in [0.25, 0.3) is 0 Å². The average Bonchev–Trinajstić information content (AvgIpc) is 2.67. The first-order chi connectivity index (χ1) is 7.65. The summed E-state index contributed by atoms with van der Waals surface area (Å²) in [4.78, 5) is 11.9. The highest BCUT2D eigenvalue weighted by atomic mass is 79.9. The van der Waals surface area contributed by atoms with Gasteiger partial charge in [0.15, 0.2) is 0 Å². The number of nitrogen functional groups attached to an aromatic ring is 1. The SMILES string of the molecule is CCOC(=O)c1c(N)c(Br)cc2c1CCC2. The Morgan fingerprint density at radius 1 is 1.56 bits per heavy atom. The van der Waals surface area contributed by atoms with Crippen molar-refractivity contribution in [2.24, 2.45) is 0 Å². The van der Waals surface area contributed by atoms with Gasteiger partial charge in [-0.15, -0.1) is 0 Å². The monoisotopic (exact) mass is 283 g/mol. The molecule has 0 unspecified atom stereocenters. The van der Waals surface area contributed by atoms with Crippen LogP contribution in [0.5, 0.6) is 0 Å². The van der Waals surface area contributed by atoms with Crippen molar-refractivity contribution in [2.75, 3.05) is 12.3 Å². The molecule has 0 bridgehead atoms. The van der Waals surface area contributed by atoms with Gasteiger partial charge in [-0.2, -0.15) is 0 Å². The second-order valence-corrected chi connectivity index (χ2v) is 4.71. The summed E-state index contributed by atoms with van der Waals surface area (Å²) in [5.41, 5.74) is 9.28. The Balaban J connectivity index is 2.54. The van der Waals surface area contributed by atoms with Gasteiger partial charge in [0, 0.05) is 4.47 Å². The number of ether oxygens (including phenoxy) is 1. The van der Waals surface area contributed by atoms with Crippen LogP contribution in [-0.4, -0.2) is 12.6 Å². The third kappa shape index (κ3) is 1.82. The molecule has 0 saturated carbocycles. The van der Waals surface area contributed by atoms with Crippen LogP contribution in [0, 0.1) is 0 Å². The number of esters is 1. The van der Waals surface area contributed by atoms with Crippen molar-refractivity contribution in [3.8, 4) is 0 Å². The van der Waals surface area contributed by atoms with E-state index >= 15 is 0 Å². The van der Waals surface area contributed by atoms with Gasteiger partial charge in [-0.05, 0) is 59.3 Å². The van der Waals surface area contributed by atoms with Crippen LogP contribution in [0.2, 0.25) is 0 Å². The molecule has 2 rings (SSSR count). The van der Waals surface area contributed by atoms with E-state index in [9.17, 15) is 4.79 Å². The van der Waals surface area contributed by atoms with Crippen LogP contribution in [0.3, 0.4) is 0 Å². The number of carbonyl (C=O) groups is 1. The first kappa shape index (κ1) is 11.5. The highest BCUT2D eigenvalue weighted by Gasteiger charge is 2.24. The maximum absolute atomic E-state index is 11.9. The van der Waals surface area contributed by atoms with Gasteiger partial charge in [0.25, 0.3) is 0 Å². The van der Waals surface area contributed by atoms with Crippen molar-refractivity contribution < 1.29 is 9.53 Å². The van der Waals surface area contributed by atoms with Crippen molar-refractivity contribution in [1.82, 2.24) is 0 Å². The van der Waals surface area contributed by atoms with Crippen molar-refractivity contribution in [3.63, 3.8) is 0 Å². The number of halogens is 1. The van der Waals surface area contributed by atoms with Gasteiger partial charge in [0.05, 0.1) is 17.9 Å². The molecule has 4 heteroatoms. The Kier molecular flexibility index (Phi) is 3.19. The third-order valence-corrected chi connectivity index (χ3v) is 3.53. The lowest BCUT2D eigenvalue weighted by atomic mass is 10.0. The third-order valence-electron chi connectivity index (χ3n) is 2.87. The fraction of sp³-hybridized carbons (Fsp3) is 0.417. The molecule has 86 valence electrons. The number of fused-ring (bicyclic) bond motifs is 1. The number of nitrogens with two attached hydrogens (primary N) is 1. The maximum atomic E-state index is 11.9. The van der Waals surface area contributed by atoms with Crippen molar-refractivity contribution in [2.45, 2.75) is 26.2 Å². The van der Waals surface area contributed by atoms with Crippen LogP contribution in [0.4, 0.5) is 5.69 Å². The molecule has 0 aromatic heterocycles. The molecule has 0 radical (unpaired) electrons. The van der Waals surface area contributed by atoms with E-state index in [4.69, 9.17) is 10.5 Å². The molecule has 0 fully saturated rings. The van der Waals surface area contributed by atoms with Crippen LogP contribution < -0.4 is 5.73 Å². The molecule has 0 spiro atoms. The number of aryl methyl sites for hydroxylation is 1. The van der Waals surface area contributed by atoms with E-state index < -0.39 is 0 Å². The van der Waals surface area contributed by atoms with E-state index in [0.29, 0.717) is 17.9 Å². The predicted octanol–water partition coefficient (Wildman–Crippen LogP) is 2.70. The van der Waals surface area contributed by atoms with E-state index in [1.54, 1.807) is 6.92 Å². The molecule has 1 aliphatic carbocycles. The number of carbonyl (C=O) groups excluding carboxylic acids is 1. The smallest absolute Gasteiger partial charge is 0.340 e. The summed E-state index contributed by atoms with van der Waals surface area (Å²) in [5, 5.41) is 0. The molecule has 1 aromatic rings. The van der Waals surface area contributed by atoms with Gasteiger partial charge >= 0.3 is 5.97 Å². The zero-order valence-electron chi connectivity index (χ0n) is 9.18. The van der Waals surface area contributed by atoms with Crippen LogP contribution in [0.1, 0.15) is 34.8 Å². The first-order valence-corrected chi connectivity index (χ1v) is 6.21. The summed E-state index contributed by atoms with van der Waals surface area (Å²) in [6.07, 6.45) is 3.01. The molecular formula is C12H14BrNO2. The molecule has 2 N–H and O–H groups in total. The molecule has 1 aromatic carbocycles. The van der Waals surface area contributed by atoms with E-state index in [0.717, 1.165) is 29.3 Å². The van der Waals surface area contributed by atoms with Gasteiger partial charge in [0.2, 0.25) is 0 Å². The predicted molar refractivity (Wildman–Crippen MR) is 66.5 cm³/mol. The Morgan fingerprint density at radius 3 is 3.00 bits per heavy atom. The summed E-state index contributed by atoms with van der Waals surface area (Å²) in [6, 6.07) is 2.01. The molecular weight excluding hydrogens is 270 g/mol. The number of rotatable bonds is 2. The minimum atomic E-state index is -0.306. The molecule has 1 aliphatic rings. The van der Waals surface area contributed by atoms with Crippen LogP contribution in [-0.2, 0) is 17.6 Å². The molecule has 0 amide bonds. The summed E-state index contributed by atoms with van der Waals surface area (Å²) in [7, 11) is 0. The zero-order chi connectivity index (χ0) is 11.7. The second kappa shape index (κ2) is 4.45. The minimum absolute atomic E-state index is 0.306. The topological polar surface area (TPSA) is 52.3 Å². The van der Waals surface area contributed by atoms with E-state index in [1.165, 1.54) is 5.56 Å². The van der Waals surface area contributed by atoms with Gasteiger partial charge in [-0.1, -0.05) is 0 Å². The Hall–Kier alpha value is -1.03. The normalized spacial score (nSPS) is 13.6. The largest absolute Gasteiger partial charge is 0.462 e. The Morgan fingerprint density at radius 2 is 2.31 bits per heavy atom. The Bertz CT molecular complexity index is 443. The standard InChI is InChI=1S/C12H14BrNO2/c1-2-16-12(15)10-8-5-3-4-7(8)6-9(13)11(10)14/h6H,2-5,14H2,1H3. The molecule has 0 heterocycles. The summed E-state index contributed by atoms with van der Waals surface area (Å²) in [6.45, 7) is 2.17. The highest BCUT2D eigenvalue weighted by molar-refractivity contribution is 9.10. The minimum Gasteiger partial charge on any atom is -0.462 e. The number of anilines is 1. The average molecular weight is 284 g/mol. The Labute approximate surface area is 103 Å². The summed E-state index contributed by atoms with van der Waals surface area (Å²) in [5.74, 6) is -0.306. The first-order valence-electron chi connectivity index (χ1n) is 5.42. The fourth-order valence-electron chi connectivity index (χ4n) is 2.16. The maximum Gasteiger partial charge on any atom is 0.340 e. The van der Waals surface area contributed by atoms with Crippen LogP contribution in [0.15, 0.2) is 10.5 Å². The summed E-state index contributed by atoms with van der Waals surface area (Å²) < 4.78 is 5.84. The molecule has 0 atom stereocenters. The highest BCUT2D eigenvalue weighted by Crippen LogP contribution is 2.35. The molecule has 0 saturated heterocycles. The lowest BCUT2D eigenvalue weighted by molar-refractivity contribution is 0.0526. The number of hydrogen-bond acceptors (Lipinski definition) is 3. The van der Waals surface area contributed by atoms with Gasteiger partial charge in [-0.3, -0.25) is 0 Å². The second-order valence-electron chi connectivity index (χ2n) is 3.86. The fourth-order valence-corrected chi connectivity index (χ4v) is 2.64. The van der Waals surface area contributed by atoms with Gasteiger partial charge in [-0.25, -0.2) is 4.79 Å². The molecule has 16 heavy (non-hydrogen) atoms. The molecule has 3 nitrogen and oxygen atoms in total.